The van der Waals surface area contributed by atoms with E-state index in [4.69, 9.17) is 22.9 Å². The molecule has 19 nitrogen and oxygen atoms in total. The van der Waals surface area contributed by atoms with Gasteiger partial charge in [-0.2, -0.15) is 0 Å². The minimum absolute atomic E-state index is 0.0389. The van der Waals surface area contributed by atoms with Crippen LogP contribution in [0.25, 0.3) is 10.8 Å². The van der Waals surface area contributed by atoms with E-state index in [1.807, 2.05) is 36.4 Å². The molecular weight excluding hydrogens is 849 g/mol. The first-order valence-corrected chi connectivity index (χ1v) is 23.4. The number of aliphatic carboxylic acids is 1. The minimum atomic E-state index is -1.89. The second-order valence-corrected chi connectivity index (χ2v) is 16.9. The number of aliphatic imine (C=N–C) groups is 1. The van der Waals surface area contributed by atoms with E-state index in [0.29, 0.717) is 55.7 Å². The normalized spacial score (nSPS) is 13.8. The highest BCUT2D eigenvalue weighted by molar-refractivity contribution is 6.04. The van der Waals surface area contributed by atoms with Crippen LogP contribution in [0.15, 0.2) is 47.5 Å². The lowest BCUT2D eigenvalue weighted by Crippen LogP contribution is -2.62. The Morgan fingerprint density at radius 1 is 0.697 bits per heavy atom. The molecule has 0 fully saturated rings. The van der Waals surface area contributed by atoms with Crippen molar-refractivity contribution >= 4 is 58.1 Å². The summed E-state index contributed by atoms with van der Waals surface area (Å²) < 4.78 is 0. The Morgan fingerprint density at radius 2 is 1.27 bits per heavy atom. The van der Waals surface area contributed by atoms with Crippen LogP contribution in [0.3, 0.4) is 0 Å². The van der Waals surface area contributed by atoms with E-state index < -0.39 is 84.1 Å². The number of benzene rings is 2. The smallest absolute Gasteiger partial charge is 0.326 e. The number of imide groups is 1. The maximum absolute atomic E-state index is 14.8. The number of carbonyl (C=O) groups is 7. The highest BCUT2D eigenvalue weighted by atomic mass is 16.4. The molecule has 0 saturated heterocycles. The Bertz CT molecular complexity index is 1890. The number of aliphatic hydroxyl groups is 1. The maximum Gasteiger partial charge on any atom is 0.326 e. The van der Waals surface area contributed by atoms with E-state index in [1.54, 1.807) is 19.9 Å². The van der Waals surface area contributed by atoms with Crippen LogP contribution in [-0.2, 0) is 40.0 Å². The molecule has 0 unspecified atom stereocenters. The van der Waals surface area contributed by atoms with E-state index in [0.717, 1.165) is 49.3 Å². The first kappa shape index (κ1) is 56.5. The van der Waals surface area contributed by atoms with Gasteiger partial charge >= 0.3 is 5.97 Å². The number of fused-ring (bicyclic) bond motifs is 1. The number of nitrogens with two attached hydrogens (primary N) is 4. The number of carboxylic acid groups (broad SMARTS) is 1. The van der Waals surface area contributed by atoms with Crippen molar-refractivity contribution in [3.8, 4) is 0 Å². The monoisotopic (exact) mass is 925 g/mol. The van der Waals surface area contributed by atoms with Crippen molar-refractivity contribution in [2.24, 2.45) is 33.8 Å². The van der Waals surface area contributed by atoms with Crippen LogP contribution in [0, 0.1) is 5.92 Å². The number of rotatable bonds is 33. The summed E-state index contributed by atoms with van der Waals surface area (Å²) >= 11 is 0. The first-order valence-electron chi connectivity index (χ1n) is 23.4. The summed E-state index contributed by atoms with van der Waals surface area (Å²) in [5.41, 5.74) is 22.9. The van der Waals surface area contributed by atoms with Crippen molar-refractivity contribution in [1.82, 2.24) is 26.2 Å². The fourth-order valence-electron chi connectivity index (χ4n) is 7.56. The van der Waals surface area contributed by atoms with Gasteiger partial charge in [0.15, 0.2) is 5.96 Å². The third-order valence-corrected chi connectivity index (χ3v) is 11.5. The van der Waals surface area contributed by atoms with Crippen LogP contribution >= 0.6 is 0 Å². The number of amides is 6. The molecule has 2 rings (SSSR count). The maximum atomic E-state index is 14.8. The zero-order valence-electron chi connectivity index (χ0n) is 39.1. The van der Waals surface area contributed by atoms with Crippen molar-refractivity contribution in [3.63, 3.8) is 0 Å². The molecule has 2 aromatic carbocycles. The second-order valence-electron chi connectivity index (χ2n) is 16.9. The second kappa shape index (κ2) is 31.3. The number of unbranched alkanes of at least 4 members (excludes halogenated alkanes) is 8. The van der Waals surface area contributed by atoms with Crippen molar-refractivity contribution < 1.29 is 43.8 Å². The van der Waals surface area contributed by atoms with E-state index in [2.05, 4.69) is 26.3 Å². The SMILES string of the molecule is CC[C@H](C)[C@H](NC(=O)[C@@H](Cc1ccc2ccccc2c1)NC(=O)[C@H](CO)N(C(=O)CCCCCCCCCCN)C(=O)[C@H](CCCN=C(N)N)NC(=O)[C@H](CCCCN)NC(C)=O)C(=O)O. The van der Waals surface area contributed by atoms with E-state index in [1.165, 1.54) is 6.92 Å². The Kier molecular flexibility index (Phi) is 26.8. The molecule has 0 aliphatic carbocycles. The molecule has 0 radical (unpaired) electrons. The van der Waals surface area contributed by atoms with Crippen LogP contribution in [0.4, 0.5) is 0 Å². The molecule has 0 aliphatic rings. The molecule has 2 aromatic rings. The summed E-state index contributed by atoms with van der Waals surface area (Å²) in [7, 11) is 0. The third kappa shape index (κ3) is 20.2. The molecular formula is C47H76N10O9. The summed E-state index contributed by atoms with van der Waals surface area (Å²) in [6.45, 7) is 4.64. The van der Waals surface area contributed by atoms with Gasteiger partial charge in [-0.3, -0.25) is 38.7 Å². The Balaban J connectivity index is 2.62. The molecule has 0 saturated carbocycles. The molecule has 19 heteroatoms. The van der Waals surface area contributed by atoms with Gasteiger partial charge in [-0.05, 0) is 80.3 Å². The van der Waals surface area contributed by atoms with Gasteiger partial charge in [0.25, 0.3) is 5.91 Å². The molecule has 368 valence electrons. The van der Waals surface area contributed by atoms with Crippen LogP contribution < -0.4 is 44.2 Å². The van der Waals surface area contributed by atoms with Gasteiger partial charge in [-0.1, -0.05) is 101 Å². The van der Waals surface area contributed by atoms with Crippen molar-refractivity contribution in [2.45, 2.75) is 154 Å². The lowest BCUT2D eigenvalue weighted by atomic mass is 9.97. The number of carbonyl (C=O) groups excluding carboxylic acids is 6. The molecule has 0 heterocycles. The predicted octanol–water partition coefficient (Wildman–Crippen LogP) is 1.84. The Labute approximate surface area is 389 Å². The number of guanidine groups is 1. The Morgan fingerprint density at radius 3 is 1.86 bits per heavy atom. The van der Waals surface area contributed by atoms with Crippen molar-refractivity contribution in [2.75, 3.05) is 26.2 Å². The van der Waals surface area contributed by atoms with E-state index in [9.17, 15) is 43.8 Å². The quantitative estimate of drug-likeness (QED) is 0.0278. The molecule has 0 aromatic heterocycles. The number of nitrogens with zero attached hydrogens (tertiary/aromatic N) is 2. The molecule has 6 atom stereocenters. The average Bonchev–Trinajstić information content (AvgIpc) is 3.28. The van der Waals surface area contributed by atoms with Gasteiger partial charge in [0.05, 0.1) is 6.61 Å². The van der Waals surface area contributed by atoms with Crippen molar-refractivity contribution in [3.05, 3.63) is 48.0 Å². The predicted molar refractivity (Wildman–Crippen MR) is 254 cm³/mol. The first-order chi connectivity index (χ1) is 31.6. The molecule has 0 spiro atoms. The van der Waals surface area contributed by atoms with Crippen LogP contribution in [-0.4, -0.2) is 119 Å². The standard InChI is InChI=1S/C47H76N10O9/c1-4-31(2)41(46(65)66)56-43(62)38(29-33-23-24-34-18-12-13-19-35(34)28-33)55-44(63)39(30-58)57(40(60)22-11-9-7-5-6-8-10-15-25-48)45(64)37(21-17-27-52-47(50)51)54-42(61)36(53-32(3)59)20-14-16-26-49/h12-13,18-19,23-24,28,31,36-39,41,58H,4-11,14-17,20-22,25-27,29-30,48-49H2,1-3H3,(H,53,59)(H,54,61)(H,55,63)(H,56,62)(H,65,66)(H4,50,51,52)/t31-,36-,37-,38+,39-,41-/m0/s1. The van der Waals surface area contributed by atoms with Crippen molar-refractivity contribution in [1.29, 1.82) is 0 Å². The minimum Gasteiger partial charge on any atom is -0.480 e. The molecule has 0 aliphatic heterocycles. The summed E-state index contributed by atoms with van der Waals surface area (Å²) in [5, 5.41) is 33.2. The number of nitrogens with one attached hydrogen (secondary N) is 4. The van der Waals surface area contributed by atoms with Gasteiger partial charge in [-0.15, -0.1) is 0 Å². The van der Waals surface area contributed by atoms with Gasteiger partial charge in [-0.25, -0.2) is 4.79 Å². The number of hydrogen-bond acceptors (Lipinski definition) is 11. The third-order valence-electron chi connectivity index (χ3n) is 11.5. The van der Waals surface area contributed by atoms with Gasteiger partial charge in [0.2, 0.25) is 29.5 Å². The van der Waals surface area contributed by atoms with Crippen LogP contribution in [0.1, 0.15) is 123 Å². The summed E-state index contributed by atoms with van der Waals surface area (Å²) in [6, 6.07) is 5.77. The topological polar surface area (TPSA) is 328 Å². The lowest BCUT2D eigenvalue weighted by Gasteiger charge is -2.33. The van der Waals surface area contributed by atoms with Gasteiger partial charge in [0, 0.05) is 26.3 Å². The van der Waals surface area contributed by atoms with E-state index in [-0.39, 0.29) is 44.6 Å². The number of carboxylic acids is 1. The summed E-state index contributed by atoms with van der Waals surface area (Å²) in [5.74, 6) is -6.93. The largest absolute Gasteiger partial charge is 0.480 e. The van der Waals surface area contributed by atoms with Crippen LogP contribution in [0.5, 0.6) is 0 Å². The molecule has 66 heavy (non-hydrogen) atoms. The fraction of sp³-hybridized carbons (Fsp3) is 0.617. The average molecular weight is 925 g/mol. The summed E-state index contributed by atoms with van der Waals surface area (Å²) in [4.78, 5) is 101. The zero-order chi connectivity index (χ0) is 49.0. The van der Waals surface area contributed by atoms with E-state index >= 15 is 0 Å². The Hall–Kier alpha value is -5.66. The summed E-state index contributed by atoms with van der Waals surface area (Å²) in [6.07, 6.45) is 8.06. The molecule has 14 N–H and O–H groups in total. The molecule has 6 amide bonds. The zero-order valence-corrected chi connectivity index (χ0v) is 39.1. The fourth-order valence-corrected chi connectivity index (χ4v) is 7.56. The lowest BCUT2D eigenvalue weighted by molar-refractivity contribution is -0.156. The van der Waals surface area contributed by atoms with Gasteiger partial charge in [0.1, 0.15) is 30.2 Å². The number of hydrogen-bond donors (Lipinski definition) is 10. The number of aliphatic hydroxyl groups excluding tert-OH is 1. The van der Waals surface area contributed by atoms with Gasteiger partial charge < -0.3 is 54.4 Å². The highest BCUT2D eigenvalue weighted by Crippen LogP contribution is 2.19. The molecule has 0 bridgehead atoms. The van der Waals surface area contributed by atoms with Crippen LogP contribution in [0.2, 0.25) is 0 Å². The highest BCUT2D eigenvalue weighted by Gasteiger charge is 2.40.